The highest BCUT2D eigenvalue weighted by Crippen LogP contribution is 2.28. The molecule has 6 nitrogen and oxygen atoms in total. The van der Waals surface area contributed by atoms with Crippen LogP contribution in [0.25, 0.3) is 0 Å². The highest BCUT2D eigenvalue weighted by molar-refractivity contribution is 6.35. The van der Waals surface area contributed by atoms with E-state index in [1.165, 1.54) is 6.21 Å². The number of hydrogen-bond acceptors (Lipinski definition) is 5. The van der Waals surface area contributed by atoms with Crippen LogP contribution in [0.5, 0.6) is 17.2 Å². The number of rotatable bonds is 10. The van der Waals surface area contributed by atoms with E-state index in [9.17, 15) is 4.79 Å². The van der Waals surface area contributed by atoms with Crippen molar-refractivity contribution in [3.05, 3.63) is 52.0 Å². The van der Waals surface area contributed by atoms with E-state index >= 15 is 0 Å². The smallest absolute Gasteiger partial charge is 0.277 e. The zero-order valence-electron chi connectivity index (χ0n) is 15.7. The molecule has 0 saturated carbocycles. The van der Waals surface area contributed by atoms with E-state index in [2.05, 4.69) is 10.5 Å². The molecule has 0 radical (unpaired) electrons. The molecule has 2 aromatic carbocycles. The van der Waals surface area contributed by atoms with Gasteiger partial charge in [-0.2, -0.15) is 5.10 Å². The van der Waals surface area contributed by atoms with Gasteiger partial charge >= 0.3 is 0 Å². The first-order chi connectivity index (χ1) is 13.5. The van der Waals surface area contributed by atoms with E-state index < -0.39 is 5.91 Å². The van der Waals surface area contributed by atoms with Crippen molar-refractivity contribution in [3.63, 3.8) is 0 Å². The molecule has 150 valence electrons. The van der Waals surface area contributed by atoms with Crippen molar-refractivity contribution >= 4 is 35.3 Å². The topological polar surface area (TPSA) is 69.2 Å². The molecule has 0 heterocycles. The van der Waals surface area contributed by atoms with E-state index in [1.807, 2.05) is 26.0 Å². The molecule has 0 aliphatic heterocycles. The number of ether oxygens (including phenoxy) is 3. The third kappa shape index (κ3) is 6.94. The Morgan fingerprint density at radius 3 is 2.54 bits per heavy atom. The summed E-state index contributed by atoms with van der Waals surface area (Å²) in [4.78, 5) is 11.9. The van der Waals surface area contributed by atoms with Gasteiger partial charge in [0.05, 0.1) is 24.5 Å². The molecular weight excluding hydrogens is 403 g/mol. The van der Waals surface area contributed by atoms with Crippen LogP contribution in [0.2, 0.25) is 10.0 Å². The molecule has 1 amide bonds. The van der Waals surface area contributed by atoms with Crippen LogP contribution < -0.4 is 19.6 Å². The molecule has 2 rings (SSSR count). The molecule has 0 bridgehead atoms. The molecule has 2 aromatic rings. The number of nitrogens with one attached hydrogen (secondary N) is 1. The predicted octanol–water partition coefficient (Wildman–Crippen LogP) is 4.71. The Morgan fingerprint density at radius 2 is 1.82 bits per heavy atom. The number of hydrogen-bond donors (Lipinski definition) is 1. The number of hydrazone groups is 1. The van der Waals surface area contributed by atoms with Gasteiger partial charge in [0, 0.05) is 5.02 Å². The van der Waals surface area contributed by atoms with Crippen molar-refractivity contribution < 1.29 is 19.0 Å². The Hall–Kier alpha value is -2.44. The molecule has 0 spiro atoms. The lowest BCUT2D eigenvalue weighted by molar-refractivity contribution is -0.123. The summed E-state index contributed by atoms with van der Waals surface area (Å²) >= 11 is 11.8. The summed E-state index contributed by atoms with van der Waals surface area (Å²) in [5.41, 5.74) is 3.16. The van der Waals surface area contributed by atoms with Crippen molar-refractivity contribution in [2.24, 2.45) is 5.10 Å². The van der Waals surface area contributed by atoms with Gasteiger partial charge in [0.15, 0.2) is 18.1 Å². The summed E-state index contributed by atoms with van der Waals surface area (Å²) in [6, 6.07) is 10.2. The summed E-state index contributed by atoms with van der Waals surface area (Å²) in [7, 11) is 0. The number of carbonyl (C=O) groups is 1. The van der Waals surface area contributed by atoms with Gasteiger partial charge < -0.3 is 14.2 Å². The van der Waals surface area contributed by atoms with Crippen molar-refractivity contribution in [3.8, 4) is 17.2 Å². The molecule has 0 fully saturated rings. The Bertz CT molecular complexity index is 828. The third-order valence-electron chi connectivity index (χ3n) is 3.38. The van der Waals surface area contributed by atoms with Gasteiger partial charge in [-0.3, -0.25) is 4.79 Å². The molecule has 0 atom stereocenters. The lowest BCUT2D eigenvalue weighted by atomic mass is 10.2. The van der Waals surface area contributed by atoms with Gasteiger partial charge in [-0.15, -0.1) is 0 Å². The van der Waals surface area contributed by atoms with Crippen LogP contribution in [0.4, 0.5) is 0 Å². The number of amides is 1. The predicted molar refractivity (Wildman–Crippen MR) is 111 cm³/mol. The van der Waals surface area contributed by atoms with Crippen LogP contribution in [0, 0.1) is 0 Å². The zero-order chi connectivity index (χ0) is 20.4. The van der Waals surface area contributed by atoms with Crippen molar-refractivity contribution in [1.82, 2.24) is 5.43 Å². The van der Waals surface area contributed by atoms with E-state index in [0.29, 0.717) is 40.5 Å². The van der Waals surface area contributed by atoms with E-state index in [0.717, 1.165) is 12.0 Å². The second-order valence-corrected chi connectivity index (χ2v) is 6.49. The summed E-state index contributed by atoms with van der Waals surface area (Å²) in [5.74, 6) is 1.26. The number of benzene rings is 2. The Kier molecular flexibility index (Phi) is 8.91. The zero-order valence-corrected chi connectivity index (χ0v) is 17.2. The van der Waals surface area contributed by atoms with Crippen LogP contribution in [0.15, 0.2) is 41.5 Å². The number of nitrogens with zero attached hydrogens (tertiary/aromatic N) is 1. The van der Waals surface area contributed by atoms with Gasteiger partial charge in [0.2, 0.25) is 0 Å². The third-order valence-corrected chi connectivity index (χ3v) is 3.92. The highest BCUT2D eigenvalue weighted by Gasteiger charge is 2.07. The molecule has 0 aliphatic rings. The molecule has 0 aliphatic carbocycles. The average Bonchev–Trinajstić information content (AvgIpc) is 2.67. The van der Waals surface area contributed by atoms with Crippen LogP contribution in [0.1, 0.15) is 25.8 Å². The maximum atomic E-state index is 11.9. The lowest BCUT2D eigenvalue weighted by Gasteiger charge is -2.11. The van der Waals surface area contributed by atoms with Crippen LogP contribution in [-0.2, 0) is 4.79 Å². The molecule has 0 unspecified atom stereocenters. The maximum absolute atomic E-state index is 11.9. The van der Waals surface area contributed by atoms with Gasteiger partial charge in [-0.1, -0.05) is 30.1 Å². The monoisotopic (exact) mass is 424 g/mol. The fraction of sp³-hybridized carbons (Fsp3) is 0.300. The van der Waals surface area contributed by atoms with Gasteiger partial charge in [0.25, 0.3) is 5.91 Å². The number of carbonyl (C=O) groups excluding carboxylic acids is 1. The Morgan fingerprint density at radius 1 is 1.04 bits per heavy atom. The highest BCUT2D eigenvalue weighted by atomic mass is 35.5. The first kappa shape index (κ1) is 21.9. The normalized spacial score (nSPS) is 10.7. The second-order valence-electron chi connectivity index (χ2n) is 5.64. The fourth-order valence-corrected chi connectivity index (χ4v) is 2.61. The van der Waals surface area contributed by atoms with Crippen molar-refractivity contribution in [1.29, 1.82) is 0 Å². The quantitative estimate of drug-likeness (QED) is 0.442. The molecule has 0 saturated heterocycles. The van der Waals surface area contributed by atoms with Crippen molar-refractivity contribution in [2.75, 3.05) is 19.8 Å². The first-order valence-corrected chi connectivity index (χ1v) is 9.58. The van der Waals surface area contributed by atoms with Gasteiger partial charge in [-0.25, -0.2) is 5.43 Å². The van der Waals surface area contributed by atoms with Crippen LogP contribution in [0.3, 0.4) is 0 Å². The average molecular weight is 425 g/mol. The lowest BCUT2D eigenvalue weighted by Crippen LogP contribution is -2.24. The molecule has 8 heteroatoms. The minimum Gasteiger partial charge on any atom is -0.490 e. The minimum absolute atomic E-state index is 0.229. The van der Waals surface area contributed by atoms with E-state index in [4.69, 9.17) is 37.4 Å². The van der Waals surface area contributed by atoms with Gasteiger partial charge in [0.1, 0.15) is 5.75 Å². The maximum Gasteiger partial charge on any atom is 0.277 e. The van der Waals surface area contributed by atoms with Crippen LogP contribution in [-0.4, -0.2) is 31.9 Å². The number of halogens is 2. The van der Waals surface area contributed by atoms with Gasteiger partial charge in [-0.05, 0) is 55.3 Å². The molecule has 1 N–H and O–H groups in total. The van der Waals surface area contributed by atoms with E-state index in [1.54, 1.807) is 24.3 Å². The molecular formula is C20H22Cl2N2O4. The Balaban J connectivity index is 1.90. The molecule has 28 heavy (non-hydrogen) atoms. The fourth-order valence-electron chi connectivity index (χ4n) is 2.15. The standard InChI is InChI=1S/C20H22Cl2N2O4/c1-3-9-27-18-7-5-14(10-19(18)26-4-2)12-23-24-20(25)13-28-17-8-6-15(21)11-16(17)22/h5-8,10-12H,3-4,9,13H2,1-2H3,(H,24,25)/b23-12+. The van der Waals surface area contributed by atoms with E-state index in [-0.39, 0.29) is 6.61 Å². The summed E-state index contributed by atoms with van der Waals surface area (Å²) in [6.45, 7) is 4.84. The van der Waals surface area contributed by atoms with Crippen LogP contribution >= 0.6 is 23.2 Å². The Labute approximate surface area is 174 Å². The first-order valence-electron chi connectivity index (χ1n) is 8.82. The summed E-state index contributed by atoms with van der Waals surface area (Å²) in [5, 5.41) is 4.75. The minimum atomic E-state index is -0.421. The largest absolute Gasteiger partial charge is 0.490 e. The second kappa shape index (κ2) is 11.4. The molecule has 0 aromatic heterocycles. The summed E-state index contributed by atoms with van der Waals surface area (Å²) in [6.07, 6.45) is 2.42. The van der Waals surface area contributed by atoms with Crippen molar-refractivity contribution in [2.45, 2.75) is 20.3 Å². The summed E-state index contributed by atoms with van der Waals surface area (Å²) < 4.78 is 16.6. The SMILES string of the molecule is CCCOc1ccc(/C=N/NC(=O)COc2ccc(Cl)cc2Cl)cc1OCC.